The Hall–Kier alpha value is -1.28. The van der Waals surface area contributed by atoms with Crippen molar-refractivity contribution < 1.29 is 37.3 Å². The lowest BCUT2D eigenvalue weighted by Crippen LogP contribution is -2.37. The maximum absolute atomic E-state index is 12.8. The Kier molecular flexibility index (Phi) is 44.3. The molecule has 9 heteroatoms. The molecule has 1 unspecified atom stereocenters. The number of rotatable bonds is 48. The SMILES string of the molecule is CCCCC/C=C\C/C=C\CCCCCCCCCCCC(=O)O[C@H](COCCCCCCCCCCCC/C=C\CCCCCCCC)COP(=O)(O)OCC[N+](C)(C)C. The average Bonchev–Trinajstić information content (AvgIpc) is 3.22. The van der Waals surface area contributed by atoms with Crippen molar-refractivity contribution in [1.82, 2.24) is 0 Å². The van der Waals surface area contributed by atoms with Crippen LogP contribution in [0.3, 0.4) is 0 Å². The summed E-state index contributed by atoms with van der Waals surface area (Å²) in [4.78, 5) is 23.0. The highest BCUT2D eigenvalue weighted by Crippen LogP contribution is 2.43. The van der Waals surface area contributed by atoms with Crippen LogP contribution in [0, 0.1) is 0 Å². The summed E-state index contributed by atoms with van der Waals surface area (Å²) in [5.41, 5.74) is 0. The first-order valence-corrected chi connectivity index (χ1v) is 27.2. The molecular formula is C52H101NO7P+. The van der Waals surface area contributed by atoms with Crippen molar-refractivity contribution >= 4 is 13.8 Å². The van der Waals surface area contributed by atoms with Gasteiger partial charge < -0.3 is 18.9 Å². The lowest BCUT2D eigenvalue weighted by molar-refractivity contribution is -0.870. The van der Waals surface area contributed by atoms with E-state index >= 15 is 0 Å². The molecule has 1 N–H and O–H groups in total. The molecule has 0 rings (SSSR count). The highest BCUT2D eigenvalue weighted by atomic mass is 31.2. The molecule has 0 spiro atoms. The third kappa shape index (κ3) is 49.6. The molecule has 0 aliphatic heterocycles. The van der Waals surface area contributed by atoms with Crippen LogP contribution in [0.25, 0.3) is 0 Å². The molecule has 0 aromatic carbocycles. The van der Waals surface area contributed by atoms with E-state index in [0.717, 1.165) is 38.5 Å². The standard InChI is InChI=1S/C52H100NO7P/c1-6-8-10-12-14-16-18-20-22-24-26-28-30-32-34-36-38-40-42-44-47-57-49-51(50-59-61(55,56)58-48-46-53(3,4)5)60-52(54)45-43-41-39-37-35-33-31-29-27-25-23-21-19-17-15-13-11-9-7-2/h15,17,20-23,51H,6-14,16,18-19,24-50H2,1-5H3/p+1/b17-15-,22-20-,23-21-/t51-/m1/s1. The van der Waals surface area contributed by atoms with Crippen LogP contribution in [-0.4, -0.2) is 75.6 Å². The van der Waals surface area contributed by atoms with Gasteiger partial charge in [-0.25, -0.2) is 4.57 Å². The highest BCUT2D eigenvalue weighted by Gasteiger charge is 2.26. The van der Waals surface area contributed by atoms with Crippen LogP contribution < -0.4 is 0 Å². The number of carbonyl (C=O) groups is 1. The number of allylic oxidation sites excluding steroid dienone is 6. The Labute approximate surface area is 378 Å². The molecule has 0 heterocycles. The Morgan fingerprint density at radius 3 is 1.38 bits per heavy atom. The summed E-state index contributed by atoms with van der Waals surface area (Å²) in [6, 6.07) is 0. The van der Waals surface area contributed by atoms with Crippen molar-refractivity contribution in [2.75, 3.05) is 54.1 Å². The summed E-state index contributed by atoms with van der Waals surface area (Å²) in [5.74, 6) is -0.316. The monoisotopic (exact) mass is 883 g/mol. The van der Waals surface area contributed by atoms with Crippen molar-refractivity contribution in [2.45, 2.75) is 238 Å². The van der Waals surface area contributed by atoms with E-state index in [-0.39, 0.29) is 25.8 Å². The summed E-state index contributed by atoms with van der Waals surface area (Å²) in [7, 11) is 1.67. The molecule has 0 saturated carbocycles. The van der Waals surface area contributed by atoms with Gasteiger partial charge in [-0.05, 0) is 70.6 Å². The molecule has 61 heavy (non-hydrogen) atoms. The smallest absolute Gasteiger partial charge is 0.457 e. The van der Waals surface area contributed by atoms with Gasteiger partial charge in [0.05, 0.1) is 34.4 Å². The van der Waals surface area contributed by atoms with Crippen LogP contribution in [0.2, 0.25) is 0 Å². The molecule has 0 saturated heterocycles. The van der Waals surface area contributed by atoms with Crippen LogP contribution in [-0.2, 0) is 27.9 Å². The minimum Gasteiger partial charge on any atom is -0.457 e. The van der Waals surface area contributed by atoms with Crippen molar-refractivity contribution in [3.8, 4) is 0 Å². The molecule has 0 aromatic heterocycles. The third-order valence-electron chi connectivity index (χ3n) is 11.2. The summed E-state index contributed by atoms with van der Waals surface area (Å²) in [5, 5.41) is 0. The van der Waals surface area contributed by atoms with E-state index in [4.69, 9.17) is 18.5 Å². The van der Waals surface area contributed by atoms with Crippen molar-refractivity contribution in [2.24, 2.45) is 0 Å². The molecule has 0 fully saturated rings. The fourth-order valence-corrected chi connectivity index (χ4v) is 7.91. The molecule has 8 nitrogen and oxygen atoms in total. The van der Waals surface area contributed by atoms with Gasteiger partial charge in [-0.15, -0.1) is 0 Å². The first-order chi connectivity index (χ1) is 29.6. The van der Waals surface area contributed by atoms with Crippen molar-refractivity contribution in [1.29, 1.82) is 0 Å². The summed E-state index contributed by atoms with van der Waals surface area (Å²) >= 11 is 0. The molecule has 2 atom stereocenters. The molecule has 360 valence electrons. The molecule has 0 aromatic rings. The number of phosphoric ester groups is 1. The van der Waals surface area contributed by atoms with E-state index in [2.05, 4.69) is 50.3 Å². The topological polar surface area (TPSA) is 91.3 Å². The first kappa shape index (κ1) is 59.7. The Morgan fingerprint density at radius 2 is 0.902 bits per heavy atom. The lowest BCUT2D eigenvalue weighted by Gasteiger charge is -2.24. The molecule has 0 aliphatic carbocycles. The van der Waals surface area contributed by atoms with E-state index in [9.17, 15) is 14.3 Å². The van der Waals surface area contributed by atoms with E-state index in [1.165, 1.54) is 173 Å². The van der Waals surface area contributed by atoms with Gasteiger partial charge in [-0.3, -0.25) is 13.8 Å². The first-order valence-electron chi connectivity index (χ1n) is 25.7. The fourth-order valence-electron chi connectivity index (χ4n) is 7.17. The number of unbranched alkanes of at least 4 members (excludes halogenated alkanes) is 28. The minimum atomic E-state index is -4.28. The number of quaternary nitrogens is 1. The van der Waals surface area contributed by atoms with E-state index in [1.807, 2.05) is 21.1 Å². The van der Waals surface area contributed by atoms with Gasteiger partial charge in [-0.1, -0.05) is 192 Å². The second-order valence-electron chi connectivity index (χ2n) is 18.5. The van der Waals surface area contributed by atoms with Crippen LogP contribution in [0.5, 0.6) is 0 Å². The second-order valence-corrected chi connectivity index (χ2v) is 20.0. The fraction of sp³-hybridized carbons (Fsp3) is 0.865. The second kappa shape index (κ2) is 45.3. The number of ether oxygens (including phenoxy) is 2. The average molecular weight is 883 g/mol. The third-order valence-corrected chi connectivity index (χ3v) is 12.2. The van der Waals surface area contributed by atoms with Gasteiger partial charge in [0.2, 0.25) is 0 Å². The van der Waals surface area contributed by atoms with Crippen molar-refractivity contribution in [3.63, 3.8) is 0 Å². The number of nitrogens with zero attached hydrogens (tertiary/aromatic N) is 1. The quantitative estimate of drug-likeness (QED) is 0.0214. The zero-order valence-corrected chi connectivity index (χ0v) is 41.8. The minimum absolute atomic E-state index is 0.0880. The van der Waals surface area contributed by atoms with Crippen LogP contribution in [0.4, 0.5) is 0 Å². The molecule has 0 aliphatic rings. The number of phosphoric acid groups is 1. The molecule has 0 bridgehead atoms. The zero-order valence-electron chi connectivity index (χ0n) is 40.9. The number of esters is 1. The van der Waals surface area contributed by atoms with E-state index < -0.39 is 13.9 Å². The Morgan fingerprint density at radius 1 is 0.508 bits per heavy atom. The van der Waals surface area contributed by atoms with Gasteiger partial charge in [0.1, 0.15) is 19.3 Å². The Balaban J connectivity index is 4.14. The summed E-state index contributed by atoms with van der Waals surface area (Å²) < 4.78 is 35.2. The van der Waals surface area contributed by atoms with Gasteiger partial charge in [0.25, 0.3) is 0 Å². The molecule has 0 amide bonds. The summed E-state index contributed by atoms with van der Waals surface area (Å²) in [6.07, 6.45) is 54.7. The lowest BCUT2D eigenvalue weighted by atomic mass is 10.1. The predicted molar refractivity (Wildman–Crippen MR) is 261 cm³/mol. The van der Waals surface area contributed by atoms with Crippen LogP contribution >= 0.6 is 7.82 Å². The molecular weight excluding hydrogens is 782 g/mol. The zero-order chi connectivity index (χ0) is 44.8. The number of hydrogen-bond acceptors (Lipinski definition) is 6. The van der Waals surface area contributed by atoms with Crippen molar-refractivity contribution in [3.05, 3.63) is 36.5 Å². The van der Waals surface area contributed by atoms with Gasteiger partial charge in [0.15, 0.2) is 0 Å². The largest absolute Gasteiger partial charge is 0.472 e. The number of carbonyl (C=O) groups excluding carboxylic acids is 1. The van der Waals surface area contributed by atoms with Crippen LogP contribution in [0.1, 0.15) is 232 Å². The van der Waals surface area contributed by atoms with E-state index in [0.29, 0.717) is 24.1 Å². The van der Waals surface area contributed by atoms with Crippen LogP contribution in [0.15, 0.2) is 36.5 Å². The Bertz CT molecular complexity index is 1070. The van der Waals surface area contributed by atoms with Gasteiger partial charge >= 0.3 is 13.8 Å². The highest BCUT2D eigenvalue weighted by molar-refractivity contribution is 7.47. The maximum Gasteiger partial charge on any atom is 0.472 e. The van der Waals surface area contributed by atoms with Gasteiger partial charge in [-0.2, -0.15) is 0 Å². The summed E-state index contributed by atoms with van der Waals surface area (Å²) in [6.45, 7) is 5.62. The predicted octanol–water partition coefficient (Wildman–Crippen LogP) is 15.7. The van der Waals surface area contributed by atoms with Gasteiger partial charge in [0, 0.05) is 13.0 Å². The molecule has 0 radical (unpaired) electrons. The van der Waals surface area contributed by atoms with E-state index in [1.54, 1.807) is 0 Å². The number of hydrogen-bond donors (Lipinski definition) is 1. The maximum atomic E-state index is 12.8. The number of likely N-dealkylation sites (N-methyl/N-ethyl adjacent to an activating group) is 1. The normalized spacial score (nSPS) is 13.9.